The first-order valence-electron chi connectivity index (χ1n) is 6.83. The molecule has 0 aliphatic heterocycles. The highest BCUT2D eigenvalue weighted by atomic mass is 35.5. The molecule has 1 aliphatic rings. The number of hydrogen-bond acceptors (Lipinski definition) is 5. The lowest BCUT2D eigenvalue weighted by Crippen LogP contribution is -2.54. The molecule has 0 saturated heterocycles. The van der Waals surface area contributed by atoms with Crippen molar-refractivity contribution in [3.8, 4) is 5.75 Å². The van der Waals surface area contributed by atoms with Gasteiger partial charge in [0.2, 0.25) is 0 Å². The Kier molecular flexibility index (Phi) is 6.13. The normalized spacial score (nSPS) is 16.1. The van der Waals surface area contributed by atoms with E-state index in [0.717, 1.165) is 12.8 Å². The summed E-state index contributed by atoms with van der Waals surface area (Å²) in [7, 11) is 0. The minimum absolute atomic E-state index is 0. The monoisotopic (exact) mass is 329 g/mol. The SMILES string of the molecule is CC(CN)(NC(=O)COc1ccccc1[N+](=O)[O-])C1CC1.Cl. The zero-order valence-electron chi connectivity index (χ0n) is 12.3. The predicted octanol–water partition coefficient (Wildman–Crippen LogP) is 1.64. The molecule has 1 aliphatic carbocycles. The number of nitrogens with two attached hydrogens (primary N) is 1. The Morgan fingerprint density at radius 3 is 2.68 bits per heavy atom. The number of nitrogens with zero attached hydrogens (tertiary/aromatic N) is 1. The molecule has 7 nitrogen and oxygen atoms in total. The van der Waals surface area contributed by atoms with Gasteiger partial charge in [0.05, 0.1) is 10.5 Å². The number of benzene rings is 1. The van der Waals surface area contributed by atoms with E-state index in [1.807, 2.05) is 6.92 Å². The topological polar surface area (TPSA) is 107 Å². The Morgan fingerprint density at radius 2 is 2.14 bits per heavy atom. The van der Waals surface area contributed by atoms with Gasteiger partial charge in [-0.2, -0.15) is 0 Å². The van der Waals surface area contributed by atoms with Gasteiger partial charge in [0.1, 0.15) is 0 Å². The van der Waals surface area contributed by atoms with E-state index < -0.39 is 10.5 Å². The molecule has 22 heavy (non-hydrogen) atoms. The van der Waals surface area contributed by atoms with Gasteiger partial charge in [-0.1, -0.05) is 12.1 Å². The van der Waals surface area contributed by atoms with Gasteiger partial charge in [-0.3, -0.25) is 14.9 Å². The predicted molar refractivity (Wildman–Crippen MR) is 84.2 cm³/mol. The molecule has 1 aromatic carbocycles. The molecule has 3 N–H and O–H groups in total. The van der Waals surface area contributed by atoms with Crippen LogP contribution in [-0.4, -0.2) is 29.5 Å². The third-order valence-corrected chi connectivity index (χ3v) is 3.75. The van der Waals surface area contributed by atoms with Gasteiger partial charge in [-0.25, -0.2) is 0 Å². The molecular formula is C14H20ClN3O4. The summed E-state index contributed by atoms with van der Waals surface area (Å²) in [6.07, 6.45) is 2.11. The van der Waals surface area contributed by atoms with Gasteiger partial charge in [0, 0.05) is 12.6 Å². The van der Waals surface area contributed by atoms with Gasteiger partial charge in [-0.15, -0.1) is 12.4 Å². The number of nitro groups is 1. The number of para-hydroxylation sites is 2. The first-order valence-corrected chi connectivity index (χ1v) is 6.83. The molecule has 1 aromatic rings. The number of carbonyl (C=O) groups excluding carboxylic acids is 1. The fraction of sp³-hybridized carbons (Fsp3) is 0.500. The molecule has 0 heterocycles. The lowest BCUT2D eigenvalue weighted by Gasteiger charge is -2.29. The molecule has 122 valence electrons. The average Bonchev–Trinajstić information content (AvgIpc) is 3.30. The van der Waals surface area contributed by atoms with Gasteiger partial charge in [-0.05, 0) is 31.7 Å². The van der Waals surface area contributed by atoms with Crippen LogP contribution in [0.5, 0.6) is 5.75 Å². The van der Waals surface area contributed by atoms with Crippen molar-refractivity contribution in [1.29, 1.82) is 0 Å². The summed E-state index contributed by atoms with van der Waals surface area (Å²) in [6, 6.07) is 5.97. The highest BCUT2D eigenvalue weighted by Crippen LogP contribution is 2.38. The summed E-state index contributed by atoms with van der Waals surface area (Å²) >= 11 is 0. The smallest absolute Gasteiger partial charge is 0.310 e. The Labute approximate surface area is 134 Å². The van der Waals surface area contributed by atoms with E-state index in [0.29, 0.717) is 12.5 Å². The number of amides is 1. The number of halogens is 1. The molecule has 1 fully saturated rings. The molecular weight excluding hydrogens is 310 g/mol. The van der Waals surface area contributed by atoms with Crippen molar-refractivity contribution < 1.29 is 14.5 Å². The van der Waals surface area contributed by atoms with Gasteiger partial charge in [0.25, 0.3) is 5.91 Å². The van der Waals surface area contributed by atoms with E-state index in [1.54, 1.807) is 12.1 Å². The Morgan fingerprint density at radius 1 is 1.50 bits per heavy atom. The lowest BCUT2D eigenvalue weighted by molar-refractivity contribution is -0.385. The van der Waals surface area contributed by atoms with E-state index >= 15 is 0 Å². The van der Waals surface area contributed by atoms with Crippen LogP contribution in [0.25, 0.3) is 0 Å². The van der Waals surface area contributed by atoms with Crippen LogP contribution >= 0.6 is 12.4 Å². The quantitative estimate of drug-likeness (QED) is 0.584. The van der Waals surface area contributed by atoms with Gasteiger partial charge >= 0.3 is 5.69 Å². The standard InChI is InChI=1S/C14H19N3O4.ClH/c1-14(9-15,10-6-7-10)16-13(18)8-21-12-5-3-2-4-11(12)17(19)20;/h2-5,10H,6-9,15H2,1H3,(H,16,18);1H. The molecule has 2 rings (SSSR count). The van der Waals surface area contributed by atoms with E-state index in [1.165, 1.54) is 12.1 Å². The van der Waals surface area contributed by atoms with Crippen molar-refractivity contribution >= 4 is 24.0 Å². The van der Waals surface area contributed by atoms with Crippen LogP contribution in [-0.2, 0) is 4.79 Å². The van der Waals surface area contributed by atoms with Crippen LogP contribution in [0.1, 0.15) is 19.8 Å². The zero-order valence-corrected chi connectivity index (χ0v) is 13.1. The molecule has 0 radical (unpaired) electrons. The molecule has 8 heteroatoms. The molecule has 0 aromatic heterocycles. The maximum absolute atomic E-state index is 11.9. The summed E-state index contributed by atoms with van der Waals surface area (Å²) in [5.41, 5.74) is 5.14. The third kappa shape index (κ3) is 4.32. The summed E-state index contributed by atoms with van der Waals surface area (Å²) < 4.78 is 5.26. The Hall–Kier alpha value is -1.86. The minimum atomic E-state index is -0.540. The fourth-order valence-corrected chi connectivity index (χ4v) is 2.27. The highest BCUT2D eigenvalue weighted by Gasteiger charge is 2.41. The van der Waals surface area contributed by atoms with E-state index in [9.17, 15) is 14.9 Å². The number of hydrogen-bond donors (Lipinski definition) is 2. The number of carbonyl (C=O) groups is 1. The summed E-state index contributed by atoms with van der Waals surface area (Å²) in [4.78, 5) is 22.3. The largest absolute Gasteiger partial charge is 0.477 e. The fourth-order valence-electron chi connectivity index (χ4n) is 2.27. The molecule has 0 bridgehead atoms. The summed E-state index contributed by atoms with van der Waals surface area (Å²) in [6.45, 7) is 2.00. The van der Waals surface area contributed by atoms with Crippen LogP contribution in [0, 0.1) is 16.0 Å². The van der Waals surface area contributed by atoms with Crippen molar-refractivity contribution in [3.63, 3.8) is 0 Å². The Balaban J connectivity index is 0.00000242. The summed E-state index contributed by atoms with van der Waals surface area (Å²) in [5.74, 6) is 0.157. The van der Waals surface area contributed by atoms with Crippen LogP contribution in [0.3, 0.4) is 0 Å². The van der Waals surface area contributed by atoms with Crippen LogP contribution in [0.4, 0.5) is 5.69 Å². The number of rotatable bonds is 7. The minimum Gasteiger partial charge on any atom is -0.477 e. The molecule has 1 atom stereocenters. The third-order valence-electron chi connectivity index (χ3n) is 3.75. The molecule has 1 saturated carbocycles. The first-order chi connectivity index (χ1) is 9.96. The lowest BCUT2D eigenvalue weighted by atomic mass is 9.96. The maximum Gasteiger partial charge on any atom is 0.310 e. The highest BCUT2D eigenvalue weighted by molar-refractivity contribution is 5.85. The van der Waals surface area contributed by atoms with Crippen molar-refractivity contribution in [2.75, 3.05) is 13.2 Å². The zero-order chi connectivity index (χ0) is 15.5. The van der Waals surface area contributed by atoms with Crippen LogP contribution in [0.2, 0.25) is 0 Å². The number of ether oxygens (including phenoxy) is 1. The number of nitrogens with one attached hydrogen (secondary N) is 1. The molecule has 1 amide bonds. The second kappa shape index (κ2) is 7.42. The number of nitro benzene ring substituents is 1. The van der Waals surface area contributed by atoms with Crippen LogP contribution < -0.4 is 15.8 Å². The van der Waals surface area contributed by atoms with Crippen molar-refractivity contribution in [3.05, 3.63) is 34.4 Å². The second-order valence-corrected chi connectivity index (χ2v) is 5.46. The van der Waals surface area contributed by atoms with Crippen molar-refractivity contribution in [2.24, 2.45) is 11.7 Å². The van der Waals surface area contributed by atoms with E-state index in [-0.39, 0.29) is 36.4 Å². The van der Waals surface area contributed by atoms with Gasteiger partial charge < -0.3 is 15.8 Å². The average molecular weight is 330 g/mol. The van der Waals surface area contributed by atoms with Gasteiger partial charge in [0.15, 0.2) is 12.4 Å². The first kappa shape index (κ1) is 18.2. The molecule has 1 unspecified atom stereocenters. The van der Waals surface area contributed by atoms with Crippen LogP contribution in [0.15, 0.2) is 24.3 Å². The van der Waals surface area contributed by atoms with E-state index in [4.69, 9.17) is 10.5 Å². The van der Waals surface area contributed by atoms with Crippen molar-refractivity contribution in [1.82, 2.24) is 5.32 Å². The molecule has 0 spiro atoms. The van der Waals surface area contributed by atoms with Crippen molar-refractivity contribution in [2.45, 2.75) is 25.3 Å². The second-order valence-electron chi connectivity index (χ2n) is 5.46. The summed E-state index contributed by atoms with van der Waals surface area (Å²) in [5, 5.41) is 13.7. The Bertz CT molecular complexity index is 551. The van der Waals surface area contributed by atoms with E-state index in [2.05, 4.69) is 5.32 Å². The maximum atomic E-state index is 11.9.